The molecule has 0 aromatic rings. The van der Waals surface area contributed by atoms with Crippen molar-refractivity contribution < 1.29 is 23.5 Å². The molecule has 0 bridgehead atoms. The van der Waals surface area contributed by atoms with Gasteiger partial charge in [0.1, 0.15) is 0 Å². The minimum Gasteiger partial charge on any atom is -0.379 e. The lowest BCUT2D eigenvalue weighted by Gasteiger charge is -2.08. The van der Waals surface area contributed by atoms with Gasteiger partial charge in [0.2, 0.25) is 0 Å². The number of hydrogen-bond donors (Lipinski definition) is 1. The molecule has 0 saturated carbocycles. The molecule has 5 nitrogen and oxygen atoms in total. The molecule has 1 atom stereocenters. The summed E-state index contributed by atoms with van der Waals surface area (Å²) in [7, 11) is -3.35. The van der Waals surface area contributed by atoms with Gasteiger partial charge in [0, 0.05) is 13.3 Å². The van der Waals surface area contributed by atoms with Crippen LogP contribution < -0.4 is 0 Å². The van der Waals surface area contributed by atoms with Gasteiger partial charge in [0.15, 0.2) is 0 Å². The van der Waals surface area contributed by atoms with Crippen molar-refractivity contribution in [3.8, 4) is 0 Å². The van der Waals surface area contributed by atoms with Gasteiger partial charge in [-0.15, -0.1) is 0 Å². The molecule has 0 spiro atoms. The molecule has 16 heavy (non-hydrogen) atoms. The normalized spacial score (nSPS) is 15.3. The van der Waals surface area contributed by atoms with Crippen LogP contribution in [0.3, 0.4) is 0 Å². The first-order chi connectivity index (χ1) is 7.42. The predicted octanol–water partition coefficient (Wildman–Crippen LogP) is 1.90. The van der Waals surface area contributed by atoms with Crippen molar-refractivity contribution >= 4 is 7.60 Å². The quantitative estimate of drug-likeness (QED) is 0.476. The van der Waals surface area contributed by atoms with Gasteiger partial charge in [-0.1, -0.05) is 13.8 Å². The zero-order chi connectivity index (χ0) is 12.4. The van der Waals surface area contributed by atoms with Crippen molar-refractivity contribution in [2.24, 2.45) is 5.92 Å². The van der Waals surface area contributed by atoms with E-state index in [0.717, 1.165) is 19.7 Å². The summed E-state index contributed by atoms with van der Waals surface area (Å²) in [6.45, 7) is 7.68. The van der Waals surface area contributed by atoms with Crippen molar-refractivity contribution in [3.05, 3.63) is 0 Å². The van der Waals surface area contributed by atoms with E-state index in [1.165, 1.54) is 0 Å². The van der Waals surface area contributed by atoms with E-state index in [1.54, 1.807) is 0 Å². The largest absolute Gasteiger partial charge is 0.379 e. The summed E-state index contributed by atoms with van der Waals surface area (Å²) in [6, 6.07) is 0. The average molecular weight is 254 g/mol. The van der Waals surface area contributed by atoms with E-state index < -0.39 is 7.60 Å². The third-order valence-corrected chi connectivity index (χ3v) is 2.43. The molecule has 0 radical (unpaired) electrons. The summed E-state index contributed by atoms with van der Waals surface area (Å²) in [5, 5.41) is 0. The molecule has 1 unspecified atom stereocenters. The lowest BCUT2D eigenvalue weighted by Crippen LogP contribution is -2.09. The van der Waals surface area contributed by atoms with Crippen LogP contribution in [-0.2, 0) is 18.6 Å². The van der Waals surface area contributed by atoms with Gasteiger partial charge in [-0.3, -0.25) is 4.57 Å². The molecule has 1 N–H and O–H groups in total. The first kappa shape index (κ1) is 16.1. The molecule has 0 amide bonds. The molecule has 0 aromatic carbocycles. The Morgan fingerprint density at radius 1 is 1.06 bits per heavy atom. The first-order valence-electron chi connectivity index (χ1n) is 5.52. The monoisotopic (exact) mass is 254 g/mol. The van der Waals surface area contributed by atoms with Gasteiger partial charge < -0.3 is 18.9 Å². The Kier molecular flexibility index (Phi) is 9.18. The Morgan fingerprint density at radius 2 is 1.56 bits per heavy atom. The predicted molar refractivity (Wildman–Crippen MR) is 62.8 cm³/mol. The summed E-state index contributed by atoms with van der Waals surface area (Å²) in [5.41, 5.74) is 0. The fraction of sp³-hybridized carbons (Fsp3) is 1.00. The second-order valence-corrected chi connectivity index (χ2v) is 5.91. The van der Waals surface area contributed by atoms with E-state index in [2.05, 4.69) is 18.4 Å². The molecule has 0 aliphatic rings. The lowest BCUT2D eigenvalue weighted by molar-refractivity contribution is 0.0324. The Balaban J connectivity index is 3.08. The Bertz CT molecular complexity index is 201. The molecule has 0 rings (SSSR count). The van der Waals surface area contributed by atoms with Crippen molar-refractivity contribution in [3.63, 3.8) is 0 Å². The third-order valence-electron chi connectivity index (χ3n) is 1.77. The molecular formula is C10H23O5P. The van der Waals surface area contributed by atoms with Crippen molar-refractivity contribution in [1.29, 1.82) is 0 Å². The highest BCUT2D eigenvalue weighted by atomic mass is 31.2. The zero-order valence-electron chi connectivity index (χ0n) is 10.3. The highest BCUT2D eigenvalue weighted by Crippen LogP contribution is 2.35. The van der Waals surface area contributed by atoms with Crippen molar-refractivity contribution in [2.75, 3.05) is 39.7 Å². The second kappa shape index (κ2) is 9.14. The molecule has 0 aliphatic carbocycles. The minimum atomic E-state index is -3.35. The van der Waals surface area contributed by atoms with Crippen molar-refractivity contribution in [2.45, 2.75) is 20.3 Å². The van der Waals surface area contributed by atoms with Gasteiger partial charge >= 0.3 is 7.60 Å². The molecule has 0 aliphatic heterocycles. The van der Waals surface area contributed by atoms with E-state index >= 15 is 0 Å². The lowest BCUT2D eigenvalue weighted by atomic mass is 10.1. The van der Waals surface area contributed by atoms with Crippen LogP contribution in [0, 0.1) is 5.92 Å². The third kappa shape index (κ3) is 14.1. The number of ether oxygens (including phenoxy) is 2. The fourth-order valence-electron chi connectivity index (χ4n) is 0.907. The van der Waals surface area contributed by atoms with E-state index in [1.807, 2.05) is 0 Å². The van der Waals surface area contributed by atoms with Gasteiger partial charge in [-0.05, 0) is 12.3 Å². The van der Waals surface area contributed by atoms with E-state index in [9.17, 15) is 4.57 Å². The minimum absolute atomic E-state index is 0.135. The molecule has 0 fully saturated rings. The van der Waals surface area contributed by atoms with Crippen LogP contribution in [-0.4, -0.2) is 44.6 Å². The summed E-state index contributed by atoms with van der Waals surface area (Å²) >= 11 is 0. The van der Waals surface area contributed by atoms with Crippen LogP contribution >= 0.6 is 7.60 Å². The van der Waals surface area contributed by atoms with Gasteiger partial charge in [0.25, 0.3) is 0 Å². The highest BCUT2D eigenvalue weighted by Gasteiger charge is 2.08. The Morgan fingerprint density at radius 3 is 2.06 bits per heavy atom. The summed E-state index contributed by atoms with van der Waals surface area (Å²) in [5.74, 6) is 0.651. The molecule has 98 valence electrons. The van der Waals surface area contributed by atoms with E-state index in [0.29, 0.717) is 25.7 Å². The first-order valence-corrected chi connectivity index (χ1v) is 7.54. The van der Waals surface area contributed by atoms with Crippen LogP contribution in [0.1, 0.15) is 20.3 Å². The SMILES string of the molecule is CC(C)CCOCCOCCOP(C)(=O)O. The molecule has 0 saturated heterocycles. The van der Waals surface area contributed by atoms with Crippen molar-refractivity contribution in [1.82, 2.24) is 0 Å². The Hall–Kier alpha value is 0.0700. The number of rotatable bonds is 10. The Labute approximate surface area is 97.6 Å². The summed E-state index contributed by atoms with van der Waals surface area (Å²) in [6.07, 6.45) is 1.05. The van der Waals surface area contributed by atoms with Gasteiger partial charge in [-0.2, -0.15) is 0 Å². The number of hydrogen-bond acceptors (Lipinski definition) is 4. The second-order valence-electron chi connectivity index (χ2n) is 4.04. The zero-order valence-corrected chi connectivity index (χ0v) is 11.2. The summed E-state index contributed by atoms with van der Waals surface area (Å²) < 4.78 is 25.8. The van der Waals surface area contributed by atoms with E-state index in [4.69, 9.17) is 14.4 Å². The van der Waals surface area contributed by atoms with Crippen LogP contribution in [0.5, 0.6) is 0 Å². The topological polar surface area (TPSA) is 65.0 Å². The maximum atomic E-state index is 10.7. The van der Waals surface area contributed by atoms with Crippen LogP contribution in [0.25, 0.3) is 0 Å². The fourth-order valence-corrected chi connectivity index (χ4v) is 1.32. The van der Waals surface area contributed by atoms with Gasteiger partial charge in [-0.25, -0.2) is 0 Å². The maximum absolute atomic E-state index is 10.7. The smallest absolute Gasteiger partial charge is 0.325 e. The van der Waals surface area contributed by atoms with Crippen LogP contribution in [0.15, 0.2) is 0 Å². The molecule has 0 aromatic heterocycles. The van der Waals surface area contributed by atoms with E-state index in [-0.39, 0.29) is 6.61 Å². The summed E-state index contributed by atoms with van der Waals surface area (Å²) in [4.78, 5) is 8.80. The maximum Gasteiger partial charge on any atom is 0.325 e. The van der Waals surface area contributed by atoms with Crippen LogP contribution in [0.4, 0.5) is 0 Å². The van der Waals surface area contributed by atoms with Gasteiger partial charge in [0.05, 0.1) is 26.4 Å². The highest BCUT2D eigenvalue weighted by molar-refractivity contribution is 7.51. The van der Waals surface area contributed by atoms with Crippen LogP contribution in [0.2, 0.25) is 0 Å². The standard InChI is InChI=1S/C10H23O5P/c1-10(2)4-5-13-6-7-14-8-9-15-16(3,11)12/h10H,4-9H2,1-3H3,(H,11,12). The molecule has 0 heterocycles. The molecule has 6 heteroatoms. The molecular weight excluding hydrogens is 231 g/mol. The average Bonchev–Trinajstić information content (AvgIpc) is 2.13.